The number of nitrogens with one attached hydrogen (secondary N) is 1. The number of hydrogen-bond donors (Lipinski definition) is 3. The monoisotopic (exact) mass is 511 g/mol. The summed E-state index contributed by atoms with van der Waals surface area (Å²) in [6, 6.07) is 15.8. The first-order valence-electron chi connectivity index (χ1n) is 12.6. The molecule has 4 aromatic rings. The maximum absolute atomic E-state index is 14.5. The first kappa shape index (κ1) is 24.1. The van der Waals surface area contributed by atoms with Crippen molar-refractivity contribution >= 4 is 11.7 Å². The van der Waals surface area contributed by atoms with Crippen molar-refractivity contribution in [2.24, 2.45) is 0 Å². The Morgan fingerprint density at radius 1 is 1.11 bits per heavy atom. The first-order valence-corrected chi connectivity index (χ1v) is 12.6. The average Bonchev–Trinajstić information content (AvgIpc) is 3.44. The van der Waals surface area contributed by atoms with Crippen molar-refractivity contribution in [2.45, 2.75) is 45.4 Å². The molecule has 4 N–H and O–H groups in total. The van der Waals surface area contributed by atoms with Crippen LogP contribution in [0.2, 0.25) is 0 Å². The number of nitrogens with zero attached hydrogens (tertiary/aromatic N) is 2. The van der Waals surface area contributed by atoms with Gasteiger partial charge in [0, 0.05) is 28.6 Å². The molecular weight excluding hydrogens is 483 g/mol. The van der Waals surface area contributed by atoms with Crippen molar-refractivity contribution < 1.29 is 23.9 Å². The van der Waals surface area contributed by atoms with Crippen LogP contribution in [-0.4, -0.2) is 16.1 Å². The number of nitrogen functional groups attached to an aromatic ring is 1. The molecule has 4 heterocycles. The third kappa shape index (κ3) is 3.80. The molecule has 0 saturated heterocycles. The van der Waals surface area contributed by atoms with Gasteiger partial charge in [-0.25, -0.2) is 4.98 Å². The number of aryl methyl sites for hydroxylation is 1. The molecule has 2 aliphatic heterocycles. The van der Waals surface area contributed by atoms with Crippen molar-refractivity contribution in [3.05, 3.63) is 111 Å². The number of amides is 1. The van der Waals surface area contributed by atoms with Gasteiger partial charge in [0.25, 0.3) is 11.6 Å². The molecule has 2 aromatic carbocycles. The predicted octanol–water partition coefficient (Wildman–Crippen LogP) is 4.88. The molecule has 2 aromatic heterocycles. The molecule has 38 heavy (non-hydrogen) atoms. The fraction of sp³-hybridized carbons (Fsp3) is 0.233. The van der Waals surface area contributed by atoms with Gasteiger partial charge in [0.05, 0.1) is 5.56 Å². The molecule has 192 valence electrons. The van der Waals surface area contributed by atoms with E-state index in [0.717, 1.165) is 43.8 Å². The summed E-state index contributed by atoms with van der Waals surface area (Å²) >= 11 is 0. The van der Waals surface area contributed by atoms with Crippen LogP contribution in [0.4, 0.5) is 10.2 Å². The summed E-state index contributed by atoms with van der Waals surface area (Å²) in [6.07, 6.45) is 0.781. The lowest BCUT2D eigenvalue weighted by molar-refractivity contribution is -0.897. The van der Waals surface area contributed by atoms with Crippen molar-refractivity contribution in [3.8, 4) is 11.3 Å². The van der Waals surface area contributed by atoms with Gasteiger partial charge in [-0.15, -0.1) is 0 Å². The van der Waals surface area contributed by atoms with Gasteiger partial charge in [-0.2, -0.15) is 4.39 Å². The van der Waals surface area contributed by atoms with E-state index in [1.54, 1.807) is 6.07 Å². The fourth-order valence-corrected chi connectivity index (χ4v) is 5.64. The van der Waals surface area contributed by atoms with Gasteiger partial charge in [-0.05, 0) is 82.6 Å². The summed E-state index contributed by atoms with van der Waals surface area (Å²) in [7, 11) is 0. The number of carbonyl (C=O) groups excluding carboxylic acids is 1. The highest BCUT2D eigenvalue weighted by Crippen LogP contribution is 2.54. The van der Waals surface area contributed by atoms with Crippen LogP contribution in [0, 0.1) is 12.7 Å². The Kier molecular flexibility index (Phi) is 5.65. The molecule has 1 amide bonds. The first-order chi connectivity index (χ1) is 18.2. The van der Waals surface area contributed by atoms with E-state index in [0.29, 0.717) is 23.5 Å². The number of anilines is 1. The van der Waals surface area contributed by atoms with Crippen molar-refractivity contribution in [3.63, 3.8) is 0 Å². The molecule has 0 saturated carbocycles. The van der Waals surface area contributed by atoms with Gasteiger partial charge in [0.1, 0.15) is 18.0 Å². The number of carbonyl (C=O) groups is 1. The van der Waals surface area contributed by atoms with Crippen LogP contribution in [0.3, 0.4) is 0 Å². The SMILES string of the molecule is Cc1nc(N)cc(C(C)C)c1CNC(=O)c1ccc2c(c1)[C@@H]1O[C@H]2c2ccc(-c3c(F)ccc[n+]3O)cc21. The number of pyridine rings is 2. The van der Waals surface area contributed by atoms with Gasteiger partial charge in [-0.1, -0.05) is 26.0 Å². The van der Waals surface area contributed by atoms with Crippen molar-refractivity contribution in [1.29, 1.82) is 0 Å². The van der Waals surface area contributed by atoms with Crippen LogP contribution >= 0.6 is 0 Å². The highest BCUT2D eigenvalue weighted by molar-refractivity contribution is 5.94. The summed E-state index contributed by atoms with van der Waals surface area (Å²) in [4.78, 5) is 17.5. The minimum atomic E-state index is -0.523. The van der Waals surface area contributed by atoms with E-state index in [1.165, 1.54) is 18.3 Å². The van der Waals surface area contributed by atoms with E-state index >= 15 is 0 Å². The van der Waals surface area contributed by atoms with Crippen LogP contribution in [0.15, 0.2) is 60.8 Å². The minimum absolute atomic E-state index is 0.0830. The summed E-state index contributed by atoms with van der Waals surface area (Å²) < 4.78 is 21.6. The molecule has 2 atom stereocenters. The molecule has 7 nitrogen and oxygen atoms in total. The van der Waals surface area contributed by atoms with E-state index in [1.807, 2.05) is 43.3 Å². The Bertz CT molecular complexity index is 1600. The van der Waals surface area contributed by atoms with E-state index in [2.05, 4.69) is 24.1 Å². The Morgan fingerprint density at radius 3 is 2.55 bits per heavy atom. The smallest absolute Gasteiger partial charge is 0.299 e. The number of rotatable bonds is 5. The lowest BCUT2D eigenvalue weighted by Crippen LogP contribution is -2.33. The van der Waals surface area contributed by atoms with Gasteiger partial charge < -0.3 is 15.8 Å². The van der Waals surface area contributed by atoms with Gasteiger partial charge in [0.15, 0.2) is 5.82 Å². The van der Waals surface area contributed by atoms with Crippen LogP contribution in [0.5, 0.6) is 0 Å². The van der Waals surface area contributed by atoms with Crippen molar-refractivity contribution in [2.75, 3.05) is 5.73 Å². The second kappa shape index (κ2) is 8.92. The molecular formula is C30H28FN4O3+. The summed E-state index contributed by atoms with van der Waals surface area (Å²) in [5.74, 6) is 0.00382. The molecule has 2 bridgehead atoms. The molecule has 0 unspecified atom stereocenters. The topological polar surface area (TPSA) is 101 Å². The number of ether oxygens (including phenoxy) is 1. The zero-order valence-electron chi connectivity index (χ0n) is 21.3. The number of fused-ring (bicyclic) bond motifs is 8. The van der Waals surface area contributed by atoms with E-state index in [4.69, 9.17) is 10.5 Å². The van der Waals surface area contributed by atoms with E-state index < -0.39 is 5.82 Å². The maximum atomic E-state index is 14.5. The third-order valence-corrected chi connectivity index (χ3v) is 7.47. The molecule has 2 aliphatic rings. The molecule has 6 rings (SSSR count). The van der Waals surface area contributed by atoms with Crippen LogP contribution < -0.4 is 15.8 Å². The molecule has 0 aliphatic carbocycles. The highest BCUT2D eigenvalue weighted by Gasteiger charge is 2.43. The quantitative estimate of drug-likeness (QED) is 0.262. The Balaban J connectivity index is 1.27. The average molecular weight is 512 g/mol. The summed E-state index contributed by atoms with van der Waals surface area (Å²) in [5, 5.41) is 13.2. The Labute approximate surface area is 219 Å². The Morgan fingerprint density at radius 2 is 1.82 bits per heavy atom. The maximum Gasteiger partial charge on any atom is 0.299 e. The van der Waals surface area contributed by atoms with E-state index in [9.17, 15) is 14.4 Å². The fourth-order valence-electron chi connectivity index (χ4n) is 5.64. The standard InChI is InChI=1S/C30H27FN4O3/c1-15(2)21-13-26(32)34-16(3)24(21)14-33-30(36)18-7-9-20-23(12-18)29-22-11-17(6-8-19(22)28(20)38-29)27-25(31)5-4-10-35(27)37/h4-13,15,28-29H,14H2,1-3H3,(H3-,32,33,34,36,37)/p+1/t28-,29+/m0/s1. The van der Waals surface area contributed by atoms with Crippen LogP contribution in [-0.2, 0) is 11.3 Å². The Hall–Kier alpha value is -4.30. The lowest BCUT2D eigenvalue weighted by atomic mass is 9.84. The molecule has 0 spiro atoms. The van der Waals surface area contributed by atoms with Gasteiger partial charge in [-0.3, -0.25) is 10.0 Å². The zero-order valence-corrected chi connectivity index (χ0v) is 21.3. The van der Waals surface area contributed by atoms with Crippen molar-refractivity contribution in [1.82, 2.24) is 10.3 Å². The van der Waals surface area contributed by atoms with E-state index in [-0.39, 0.29) is 29.7 Å². The largest absolute Gasteiger partial charge is 0.384 e. The van der Waals surface area contributed by atoms with Gasteiger partial charge in [0.2, 0.25) is 6.20 Å². The number of benzene rings is 2. The van der Waals surface area contributed by atoms with Gasteiger partial charge >= 0.3 is 0 Å². The number of aromatic nitrogens is 2. The van der Waals surface area contributed by atoms with Crippen LogP contribution in [0.1, 0.15) is 81.4 Å². The van der Waals surface area contributed by atoms with Crippen LogP contribution in [0.25, 0.3) is 11.3 Å². The molecule has 0 radical (unpaired) electrons. The number of halogens is 1. The normalized spacial score (nSPS) is 17.0. The molecule has 8 heteroatoms. The zero-order chi connectivity index (χ0) is 26.7. The minimum Gasteiger partial charge on any atom is -0.384 e. The summed E-state index contributed by atoms with van der Waals surface area (Å²) in [5.41, 5.74) is 13.8. The molecule has 0 fully saturated rings. The second-order valence-electron chi connectivity index (χ2n) is 10.2. The predicted molar refractivity (Wildman–Crippen MR) is 139 cm³/mol. The second-order valence-corrected chi connectivity index (χ2v) is 10.2. The third-order valence-electron chi connectivity index (χ3n) is 7.47. The number of nitrogens with two attached hydrogens (primary N) is 1. The lowest BCUT2D eigenvalue weighted by Gasteiger charge is -2.18. The summed E-state index contributed by atoms with van der Waals surface area (Å²) in [6.45, 7) is 6.43. The highest BCUT2D eigenvalue weighted by atomic mass is 19.1. The number of hydrogen-bond acceptors (Lipinski definition) is 5.